The van der Waals surface area contributed by atoms with Crippen molar-refractivity contribution in [3.05, 3.63) is 72.3 Å². The Morgan fingerprint density at radius 1 is 0.826 bits per heavy atom. The molecule has 0 heterocycles. The van der Waals surface area contributed by atoms with Crippen molar-refractivity contribution in [1.82, 2.24) is 0 Å². The number of benzene rings is 3. The molecule has 23 heavy (non-hydrogen) atoms. The highest BCUT2D eigenvalue weighted by atomic mass is 32.2. The predicted molar refractivity (Wildman–Crippen MR) is 92.3 cm³/mol. The molecule has 0 aromatic heterocycles. The van der Waals surface area contributed by atoms with Gasteiger partial charge in [-0.3, -0.25) is 0 Å². The first-order valence-electron chi connectivity index (χ1n) is 7.49. The van der Waals surface area contributed by atoms with Crippen LogP contribution in [-0.2, 0) is 10.1 Å². The topological polar surface area (TPSA) is 43.4 Å². The third-order valence-corrected chi connectivity index (χ3v) is 5.02. The van der Waals surface area contributed by atoms with Crippen molar-refractivity contribution < 1.29 is 12.6 Å². The summed E-state index contributed by atoms with van der Waals surface area (Å²) in [5.41, 5.74) is 1.09. The van der Waals surface area contributed by atoms with Crippen LogP contribution in [0.4, 0.5) is 0 Å². The molecule has 0 radical (unpaired) electrons. The molecule has 0 aliphatic rings. The van der Waals surface area contributed by atoms with Gasteiger partial charge in [0.25, 0.3) is 0 Å². The van der Waals surface area contributed by atoms with Gasteiger partial charge >= 0.3 is 10.1 Å². The second-order valence-electron chi connectivity index (χ2n) is 5.77. The third kappa shape index (κ3) is 3.37. The smallest absolute Gasteiger partial charge is 0.339 e. The molecule has 0 atom stereocenters. The van der Waals surface area contributed by atoms with E-state index in [9.17, 15) is 8.42 Å². The molecule has 118 valence electrons. The van der Waals surface area contributed by atoms with Crippen LogP contribution in [0, 0.1) is 0 Å². The van der Waals surface area contributed by atoms with Gasteiger partial charge in [0.2, 0.25) is 0 Å². The quantitative estimate of drug-likeness (QED) is 0.651. The zero-order chi connectivity index (χ0) is 16.4. The molecule has 3 aromatic rings. The molecular weight excluding hydrogens is 308 g/mol. The molecule has 0 amide bonds. The fourth-order valence-corrected chi connectivity index (χ4v) is 3.34. The maximum absolute atomic E-state index is 12.4. The fraction of sp³-hybridized carbons (Fsp3) is 0.158. The predicted octanol–water partition coefficient (Wildman–Crippen LogP) is 4.73. The van der Waals surface area contributed by atoms with Gasteiger partial charge in [-0.15, -0.1) is 0 Å². The lowest BCUT2D eigenvalue weighted by Crippen LogP contribution is -2.09. The van der Waals surface area contributed by atoms with Crippen LogP contribution < -0.4 is 4.18 Å². The van der Waals surface area contributed by atoms with Gasteiger partial charge in [-0.1, -0.05) is 56.3 Å². The first kappa shape index (κ1) is 15.6. The standard InChI is InChI=1S/C19H18O3S/c1-14(2)15-8-11-19(12-9-15)23(20,21)22-18-10-7-16-5-3-4-6-17(16)13-18/h3-14H,1-2H3. The molecule has 3 nitrogen and oxygen atoms in total. The molecule has 0 unspecified atom stereocenters. The number of hydrogen-bond acceptors (Lipinski definition) is 3. The lowest BCUT2D eigenvalue weighted by Gasteiger charge is -2.10. The van der Waals surface area contributed by atoms with E-state index in [0.29, 0.717) is 11.7 Å². The summed E-state index contributed by atoms with van der Waals surface area (Å²) >= 11 is 0. The lowest BCUT2D eigenvalue weighted by molar-refractivity contribution is 0.486. The van der Waals surface area contributed by atoms with Crippen LogP contribution in [0.15, 0.2) is 71.6 Å². The number of hydrogen-bond donors (Lipinski definition) is 0. The van der Waals surface area contributed by atoms with Gasteiger partial charge in [-0.25, -0.2) is 0 Å². The van der Waals surface area contributed by atoms with E-state index in [1.54, 1.807) is 24.3 Å². The van der Waals surface area contributed by atoms with Gasteiger partial charge < -0.3 is 4.18 Å². The highest BCUT2D eigenvalue weighted by Gasteiger charge is 2.17. The van der Waals surface area contributed by atoms with Gasteiger partial charge in [0.05, 0.1) is 0 Å². The summed E-state index contributed by atoms with van der Waals surface area (Å²) in [5, 5.41) is 1.98. The van der Waals surface area contributed by atoms with E-state index in [-0.39, 0.29) is 4.90 Å². The van der Waals surface area contributed by atoms with Crippen molar-refractivity contribution in [1.29, 1.82) is 0 Å². The average molecular weight is 326 g/mol. The van der Waals surface area contributed by atoms with E-state index in [1.807, 2.05) is 42.5 Å². The van der Waals surface area contributed by atoms with E-state index >= 15 is 0 Å². The van der Waals surface area contributed by atoms with E-state index in [4.69, 9.17) is 4.18 Å². The molecule has 0 saturated heterocycles. The van der Waals surface area contributed by atoms with E-state index in [2.05, 4.69) is 13.8 Å². The Morgan fingerprint density at radius 2 is 1.48 bits per heavy atom. The zero-order valence-electron chi connectivity index (χ0n) is 13.1. The lowest BCUT2D eigenvalue weighted by atomic mass is 10.0. The highest BCUT2D eigenvalue weighted by molar-refractivity contribution is 7.87. The molecule has 3 aromatic carbocycles. The molecule has 3 rings (SSSR count). The molecular formula is C19H18O3S. The van der Waals surface area contributed by atoms with Crippen LogP contribution in [0.25, 0.3) is 10.8 Å². The molecule has 4 heteroatoms. The SMILES string of the molecule is CC(C)c1ccc(S(=O)(=O)Oc2ccc3ccccc3c2)cc1. The summed E-state index contributed by atoms with van der Waals surface area (Å²) in [5.74, 6) is 0.671. The molecule has 0 bridgehead atoms. The molecule has 0 fully saturated rings. The van der Waals surface area contributed by atoms with Crippen molar-refractivity contribution in [2.45, 2.75) is 24.7 Å². The zero-order valence-corrected chi connectivity index (χ0v) is 13.9. The van der Waals surface area contributed by atoms with Gasteiger partial charge in [-0.05, 0) is 46.5 Å². The Balaban J connectivity index is 1.89. The maximum atomic E-state index is 12.4. The summed E-state index contributed by atoms with van der Waals surface area (Å²) in [4.78, 5) is 0.162. The molecule has 0 aliphatic carbocycles. The summed E-state index contributed by atoms with van der Waals surface area (Å²) in [7, 11) is -3.82. The summed E-state index contributed by atoms with van der Waals surface area (Å²) in [6.45, 7) is 4.13. The normalized spacial score (nSPS) is 11.8. The Morgan fingerprint density at radius 3 is 2.13 bits per heavy atom. The van der Waals surface area contributed by atoms with E-state index < -0.39 is 10.1 Å². The summed E-state index contributed by atoms with van der Waals surface area (Å²) in [6.07, 6.45) is 0. The first-order valence-corrected chi connectivity index (χ1v) is 8.90. The molecule has 0 N–H and O–H groups in total. The molecule has 0 spiro atoms. The summed E-state index contributed by atoms with van der Waals surface area (Å²) in [6, 6.07) is 19.8. The van der Waals surface area contributed by atoms with Gasteiger partial charge in [-0.2, -0.15) is 8.42 Å². The van der Waals surface area contributed by atoms with Gasteiger partial charge in [0.1, 0.15) is 10.6 Å². The van der Waals surface area contributed by atoms with Crippen LogP contribution in [-0.4, -0.2) is 8.42 Å². The van der Waals surface area contributed by atoms with E-state index in [1.165, 1.54) is 0 Å². The van der Waals surface area contributed by atoms with Crippen molar-refractivity contribution in [2.24, 2.45) is 0 Å². The van der Waals surface area contributed by atoms with Crippen molar-refractivity contribution in [2.75, 3.05) is 0 Å². The van der Waals surface area contributed by atoms with Crippen LogP contribution in [0.2, 0.25) is 0 Å². The van der Waals surface area contributed by atoms with Crippen LogP contribution in [0.1, 0.15) is 25.3 Å². The minimum atomic E-state index is -3.82. The minimum Gasteiger partial charge on any atom is -0.379 e. The van der Waals surface area contributed by atoms with Crippen LogP contribution >= 0.6 is 0 Å². The third-order valence-electron chi connectivity index (χ3n) is 3.76. The van der Waals surface area contributed by atoms with Crippen LogP contribution in [0.5, 0.6) is 5.75 Å². The molecule has 0 saturated carbocycles. The Kier molecular flexibility index (Phi) is 4.09. The van der Waals surface area contributed by atoms with Gasteiger partial charge in [0.15, 0.2) is 0 Å². The first-order chi connectivity index (χ1) is 11.0. The maximum Gasteiger partial charge on any atom is 0.339 e. The fourth-order valence-electron chi connectivity index (χ4n) is 2.41. The average Bonchev–Trinajstić information content (AvgIpc) is 2.54. The minimum absolute atomic E-state index is 0.162. The number of rotatable bonds is 4. The van der Waals surface area contributed by atoms with Crippen LogP contribution in [0.3, 0.4) is 0 Å². The van der Waals surface area contributed by atoms with Crippen molar-refractivity contribution in [3.63, 3.8) is 0 Å². The van der Waals surface area contributed by atoms with E-state index in [0.717, 1.165) is 16.3 Å². The Labute approximate surface area is 136 Å². The summed E-state index contributed by atoms with van der Waals surface area (Å²) < 4.78 is 30.1. The number of fused-ring (bicyclic) bond motifs is 1. The Hall–Kier alpha value is -2.33. The van der Waals surface area contributed by atoms with Gasteiger partial charge in [0, 0.05) is 0 Å². The van der Waals surface area contributed by atoms with Crippen molar-refractivity contribution in [3.8, 4) is 5.75 Å². The highest BCUT2D eigenvalue weighted by Crippen LogP contribution is 2.24. The molecule has 0 aliphatic heterocycles. The second kappa shape index (κ2) is 6.05. The monoisotopic (exact) mass is 326 g/mol. The van der Waals surface area contributed by atoms with Crippen molar-refractivity contribution >= 4 is 20.9 Å². The second-order valence-corrected chi connectivity index (χ2v) is 7.32. The Bertz CT molecular complexity index is 926. The largest absolute Gasteiger partial charge is 0.379 e.